The molecule has 2 rings (SSSR count). The van der Waals surface area contributed by atoms with Gasteiger partial charge in [0.15, 0.2) is 0 Å². The molecule has 0 heterocycles. The van der Waals surface area contributed by atoms with Gasteiger partial charge in [0.1, 0.15) is 0 Å². The van der Waals surface area contributed by atoms with Gasteiger partial charge in [-0.2, -0.15) is 16.8 Å². The Morgan fingerprint density at radius 3 is 1.18 bits per heavy atom. The van der Waals surface area contributed by atoms with Crippen LogP contribution in [0.25, 0.3) is 0 Å². The van der Waals surface area contributed by atoms with Gasteiger partial charge in [-0.3, -0.25) is 9.11 Å². The van der Waals surface area contributed by atoms with E-state index in [0.29, 0.717) is 0 Å². The van der Waals surface area contributed by atoms with E-state index in [-0.39, 0.29) is 70.2 Å². The predicted molar refractivity (Wildman–Crippen MR) is 81.2 cm³/mol. The van der Waals surface area contributed by atoms with Crippen molar-refractivity contribution < 1.29 is 105 Å². The molecule has 0 radical (unpaired) electrons. The third-order valence-corrected chi connectivity index (χ3v) is 4.43. The van der Waals surface area contributed by atoms with Crippen molar-refractivity contribution in [3.63, 3.8) is 0 Å². The molecular formula is C14H10Na2O10S2. The molecule has 2 N–H and O–H groups in total. The molecule has 10 nitrogen and oxygen atoms in total. The number of benzene rings is 2. The second-order valence-corrected chi connectivity index (χ2v) is 7.42. The first-order valence-electron chi connectivity index (χ1n) is 6.40. The number of aromatic carboxylic acids is 2. The van der Waals surface area contributed by atoms with Gasteiger partial charge in [0.25, 0.3) is 20.2 Å². The molecule has 0 bridgehead atoms. The first kappa shape index (κ1) is 29.4. The van der Waals surface area contributed by atoms with Gasteiger partial charge in [0.05, 0.1) is 21.7 Å². The standard InChI is InChI=1S/2C7H6O5S.2Na/c2*8-7(9)5-2-1-3-6(4-5)13(10,11)12;;/h2*1-4H,(H,8,9)(H,10,11,12);;/q;;2*+1/p-2. The van der Waals surface area contributed by atoms with Crippen molar-refractivity contribution in [1.82, 2.24) is 0 Å². The van der Waals surface area contributed by atoms with Gasteiger partial charge in [-0.1, -0.05) is 24.3 Å². The summed E-state index contributed by atoms with van der Waals surface area (Å²) in [5, 5.41) is 20.6. The van der Waals surface area contributed by atoms with Crippen molar-refractivity contribution in [2.75, 3.05) is 0 Å². The Morgan fingerprint density at radius 2 is 0.964 bits per heavy atom. The number of carboxylic acids is 2. The molecule has 28 heavy (non-hydrogen) atoms. The molecular weight excluding hydrogens is 438 g/mol. The smallest absolute Gasteiger partial charge is 0.545 e. The summed E-state index contributed by atoms with van der Waals surface area (Å²) in [4.78, 5) is 19.7. The van der Waals surface area contributed by atoms with E-state index in [4.69, 9.17) is 9.11 Å². The maximum absolute atomic E-state index is 10.5. The predicted octanol–water partition coefficient (Wildman–Crippen LogP) is -7.40. The molecule has 0 aromatic heterocycles. The van der Waals surface area contributed by atoms with Crippen LogP contribution in [0.5, 0.6) is 0 Å². The van der Waals surface area contributed by atoms with Crippen LogP contribution in [-0.4, -0.2) is 37.9 Å². The van der Waals surface area contributed by atoms with Gasteiger partial charge in [0.2, 0.25) is 0 Å². The van der Waals surface area contributed by atoms with Crippen LogP contribution >= 0.6 is 0 Å². The minimum atomic E-state index is -4.35. The summed E-state index contributed by atoms with van der Waals surface area (Å²) in [5.41, 5.74) is -0.592. The number of rotatable bonds is 4. The molecule has 0 aliphatic carbocycles. The summed E-state index contributed by atoms with van der Waals surface area (Å²) in [6.07, 6.45) is 0. The molecule has 0 amide bonds. The van der Waals surface area contributed by atoms with E-state index in [1.165, 1.54) is 24.3 Å². The van der Waals surface area contributed by atoms with E-state index >= 15 is 0 Å². The second-order valence-electron chi connectivity index (χ2n) is 4.58. The summed E-state index contributed by atoms with van der Waals surface area (Å²) >= 11 is 0. The molecule has 0 saturated heterocycles. The van der Waals surface area contributed by atoms with Crippen LogP contribution in [0, 0.1) is 0 Å². The van der Waals surface area contributed by atoms with Crippen molar-refractivity contribution >= 4 is 32.2 Å². The molecule has 0 aliphatic heterocycles. The molecule has 2 aromatic rings. The average molecular weight is 448 g/mol. The summed E-state index contributed by atoms with van der Waals surface area (Å²) in [7, 11) is -8.70. The van der Waals surface area contributed by atoms with Crippen LogP contribution < -0.4 is 69.3 Å². The number of hydrogen-bond donors (Lipinski definition) is 2. The fourth-order valence-corrected chi connectivity index (χ4v) is 2.62. The molecule has 0 atom stereocenters. The Morgan fingerprint density at radius 1 is 0.679 bits per heavy atom. The van der Waals surface area contributed by atoms with E-state index in [1.807, 2.05) is 0 Å². The average Bonchev–Trinajstić information content (AvgIpc) is 2.54. The Balaban J connectivity index is 0. The molecule has 14 heteroatoms. The summed E-state index contributed by atoms with van der Waals surface area (Å²) in [6, 6.07) is 8.56. The largest absolute Gasteiger partial charge is 1.00 e. The van der Waals surface area contributed by atoms with Crippen LogP contribution in [0.4, 0.5) is 0 Å². The third kappa shape index (κ3) is 9.60. The molecule has 0 saturated carbocycles. The monoisotopic (exact) mass is 448 g/mol. The number of carbonyl (C=O) groups is 2. The minimum Gasteiger partial charge on any atom is -0.545 e. The molecule has 140 valence electrons. The first-order valence-corrected chi connectivity index (χ1v) is 9.28. The summed E-state index contributed by atoms with van der Waals surface area (Å²) < 4.78 is 59.3. The SMILES string of the molecule is O=C([O-])c1cccc(S(=O)(=O)O)c1.O=C([O-])c1cccc(S(=O)(=O)O)c1.[Na+].[Na+]. The molecule has 0 aliphatic rings. The van der Waals surface area contributed by atoms with Gasteiger partial charge in [-0.05, 0) is 35.4 Å². The van der Waals surface area contributed by atoms with Crippen molar-refractivity contribution in [3.8, 4) is 0 Å². The number of carbonyl (C=O) groups excluding carboxylic acids is 2. The van der Waals surface area contributed by atoms with E-state index in [9.17, 15) is 36.6 Å². The molecule has 2 aromatic carbocycles. The second kappa shape index (κ2) is 12.0. The van der Waals surface area contributed by atoms with Crippen molar-refractivity contribution in [1.29, 1.82) is 0 Å². The van der Waals surface area contributed by atoms with E-state index in [1.54, 1.807) is 0 Å². The van der Waals surface area contributed by atoms with E-state index in [0.717, 1.165) is 24.3 Å². The third-order valence-electron chi connectivity index (χ3n) is 2.74. The van der Waals surface area contributed by atoms with Crippen molar-refractivity contribution in [2.24, 2.45) is 0 Å². The Labute approximate surface area is 204 Å². The molecule has 0 unspecified atom stereocenters. The molecule has 0 spiro atoms. The normalized spacial score (nSPS) is 10.4. The number of carboxylic acid groups (broad SMARTS) is 2. The quantitative estimate of drug-likeness (QED) is 0.336. The van der Waals surface area contributed by atoms with Crippen LogP contribution in [-0.2, 0) is 20.2 Å². The van der Waals surface area contributed by atoms with Gasteiger partial charge in [-0.15, -0.1) is 0 Å². The van der Waals surface area contributed by atoms with E-state index < -0.39 is 42.0 Å². The Bertz CT molecular complexity index is 964. The molecule has 0 fully saturated rings. The Hall–Kier alpha value is -0.800. The zero-order valence-corrected chi connectivity index (χ0v) is 20.2. The van der Waals surface area contributed by atoms with Crippen LogP contribution in [0.15, 0.2) is 58.3 Å². The van der Waals surface area contributed by atoms with Crippen LogP contribution in [0.1, 0.15) is 20.7 Å². The van der Waals surface area contributed by atoms with Gasteiger partial charge < -0.3 is 19.8 Å². The first-order chi connectivity index (χ1) is 11.8. The van der Waals surface area contributed by atoms with E-state index in [2.05, 4.69) is 0 Å². The fourth-order valence-electron chi connectivity index (χ4n) is 1.57. The van der Waals surface area contributed by atoms with Crippen LogP contribution in [0.3, 0.4) is 0 Å². The zero-order valence-electron chi connectivity index (χ0n) is 14.6. The Kier molecular flexibility index (Phi) is 12.6. The summed E-state index contributed by atoms with van der Waals surface area (Å²) in [5.74, 6) is -2.99. The van der Waals surface area contributed by atoms with Crippen LogP contribution in [0.2, 0.25) is 0 Å². The topological polar surface area (TPSA) is 189 Å². The van der Waals surface area contributed by atoms with Crippen molar-refractivity contribution in [3.05, 3.63) is 59.7 Å². The van der Waals surface area contributed by atoms with Gasteiger partial charge in [0, 0.05) is 0 Å². The van der Waals surface area contributed by atoms with Gasteiger partial charge >= 0.3 is 59.1 Å². The zero-order chi connectivity index (χ0) is 20.1. The number of hydrogen-bond acceptors (Lipinski definition) is 8. The minimum absolute atomic E-state index is 0. The maximum atomic E-state index is 10.5. The summed E-state index contributed by atoms with van der Waals surface area (Å²) in [6.45, 7) is 0. The van der Waals surface area contributed by atoms with Crippen molar-refractivity contribution in [2.45, 2.75) is 9.79 Å². The van der Waals surface area contributed by atoms with Gasteiger partial charge in [-0.25, -0.2) is 0 Å². The maximum Gasteiger partial charge on any atom is 1.00 e. The fraction of sp³-hybridized carbons (Fsp3) is 0.